The fourth-order valence-electron chi connectivity index (χ4n) is 3.31. The largest absolute Gasteiger partial charge is 0.494 e. The summed E-state index contributed by atoms with van der Waals surface area (Å²) < 4.78 is 46.2. The van der Waals surface area contributed by atoms with E-state index >= 15 is 0 Å². The average Bonchev–Trinajstić information content (AvgIpc) is 3.16. The number of carbonyl (C=O) groups is 1. The Morgan fingerprint density at radius 2 is 1.82 bits per heavy atom. The smallest absolute Gasteiger partial charge is 0.416 e. The first-order valence-corrected chi connectivity index (χ1v) is 11.1. The number of imidazole rings is 1. The molecule has 4 aromatic rings. The van der Waals surface area contributed by atoms with Gasteiger partial charge in [-0.2, -0.15) is 13.2 Å². The highest BCUT2D eigenvalue weighted by molar-refractivity contribution is 7.99. The standard InChI is InChI=1S/C24H20F3N3O2S/c1-2-32-19-12-10-18(11-13-19)30-21-9-4-3-8-20(21)29-23(30)33-15-22(31)28-17-7-5-6-16(14-17)24(25,26)27/h3-14H,2,15H2,1H3,(H,28,31). The van der Waals surface area contributed by atoms with Gasteiger partial charge in [-0.15, -0.1) is 0 Å². The summed E-state index contributed by atoms with van der Waals surface area (Å²) in [6.45, 7) is 2.48. The Labute approximate surface area is 192 Å². The van der Waals surface area contributed by atoms with E-state index in [0.717, 1.165) is 34.6 Å². The molecule has 5 nitrogen and oxygen atoms in total. The van der Waals surface area contributed by atoms with Crippen molar-refractivity contribution in [2.24, 2.45) is 0 Å². The molecule has 0 unspecified atom stereocenters. The number of fused-ring (bicyclic) bond motifs is 1. The molecule has 0 aliphatic carbocycles. The molecule has 1 N–H and O–H groups in total. The Morgan fingerprint density at radius 1 is 1.06 bits per heavy atom. The van der Waals surface area contributed by atoms with Gasteiger partial charge in [0, 0.05) is 11.4 Å². The third-order valence-corrected chi connectivity index (χ3v) is 5.68. The van der Waals surface area contributed by atoms with Crippen LogP contribution in [0.5, 0.6) is 5.75 Å². The minimum Gasteiger partial charge on any atom is -0.494 e. The molecule has 0 saturated heterocycles. The van der Waals surface area contributed by atoms with E-state index in [1.54, 1.807) is 0 Å². The molecule has 0 spiro atoms. The van der Waals surface area contributed by atoms with Gasteiger partial charge in [-0.1, -0.05) is 30.0 Å². The zero-order valence-electron chi connectivity index (χ0n) is 17.6. The summed E-state index contributed by atoms with van der Waals surface area (Å²) in [6.07, 6.45) is -4.47. The predicted molar refractivity (Wildman–Crippen MR) is 123 cm³/mol. The second kappa shape index (κ2) is 9.58. The van der Waals surface area contributed by atoms with E-state index in [4.69, 9.17) is 4.74 Å². The number of halogens is 3. The van der Waals surface area contributed by atoms with Gasteiger partial charge in [0.1, 0.15) is 5.75 Å². The monoisotopic (exact) mass is 471 g/mol. The van der Waals surface area contributed by atoms with Crippen LogP contribution in [0.4, 0.5) is 18.9 Å². The van der Waals surface area contributed by atoms with Gasteiger partial charge in [-0.05, 0) is 61.5 Å². The van der Waals surface area contributed by atoms with Crippen molar-refractivity contribution in [2.75, 3.05) is 17.7 Å². The Hall–Kier alpha value is -3.46. The summed E-state index contributed by atoms with van der Waals surface area (Å²) in [5, 5.41) is 3.12. The molecule has 0 aliphatic heterocycles. The number of benzene rings is 3. The molecular formula is C24H20F3N3O2S. The Kier molecular flexibility index (Phi) is 6.60. The average molecular weight is 472 g/mol. The van der Waals surface area contributed by atoms with Gasteiger partial charge in [0.05, 0.1) is 29.0 Å². The summed E-state index contributed by atoms with van der Waals surface area (Å²) in [5.74, 6) is 0.307. The molecule has 0 bridgehead atoms. The van der Waals surface area contributed by atoms with E-state index in [9.17, 15) is 18.0 Å². The van der Waals surface area contributed by atoms with Crippen molar-refractivity contribution in [3.8, 4) is 11.4 Å². The summed E-state index contributed by atoms with van der Waals surface area (Å²) in [6, 6.07) is 19.7. The van der Waals surface area contributed by atoms with E-state index in [2.05, 4.69) is 10.3 Å². The van der Waals surface area contributed by atoms with Gasteiger partial charge in [0.25, 0.3) is 0 Å². The van der Waals surface area contributed by atoms with Crippen molar-refractivity contribution in [1.82, 2.24) is 9.55 Å². The van der Waals surface area contributed by atoms with E-state index in [1.807, 2.05) is 60.0 Å². The van der Waals surface area contributed by atoms with Gasteiger partial charge in [0.15, 0.2) is 5.16 Å². The van der Waals surface area contributed by atoms with Crippen molar-refractivity contribution in [1.29, 1.82) is 0 Å². The van der Waals surface area contributed by atoms with Crippen LogP contribution in [-0.4, -0.2) is 27.8 Å². The third-order valence-electron chi connectivity index (χ3n) is 4.74. The lowest BCUT2D eigenvalue weighted by Gasteiger charge is -2.11. The van der Waals surface area contributed by atoms with Crippen LogP contribution in [-0.2, 0) is 11.0 Å². The second-order valence-electron chi connectivity index (χ2n) is 7.06. The van der Waals surface area contributed by atoms with Crippen LogP contribution in [0.15, 0.2) is 78.0 Å². The van der Waals surface area contributed by atoms with Crippen LogP contribution in [0, 0.1) is 0 Å². The lowest BCUT2D eigenvalue weighted by atomic mass is 10.2. The van der Waals surface area contributed by atoms with Gasteiger partial charge >= 0.3 is 6.18 Å². The highest BCUT2D eigenvalue weighted by Crippen LogP contribution is 2.31. The SMILES string of the molecule is CCOc1ccc(-n2c(SCC(=O)Nc3cccc(C(F)(F)F)c3)nc3ccccc32)cc1. The lowest BCUT2D eigenvalue weighted by molar-refractivity contribution is -0.137. The second-order valence-corrected chi connectivity index (χ2v) is 8.00. The topological polar surface area (TPSA) is 56.1 Å². The van der Waals surface area contributed by atoms with Gasteiger partial charge in [-0.25, -0.2) is 4.98 Å². The number of para-hydroxylation sites is 2. The molecule has 0 saturated carbocycles. The van der Waals surface area contributed by atoms with Crippen LogP contribution in [0.1, 0.15) is 12.5 Å². The Morgan fingerprint density at radius 3 is 2.55 bits per heavy atom. The van der Waals surface area contributed by atoms with Gasteiger partial charge in [0.2, 0.25) is 5.91 Å². The molecule has 170 valence electrons. The van der Waals surface area contributed by atoms with E-state index in [-0.39, 0.29) is 11.4 Å². The number of hydrogen-bond acceptors (Lipinski definition) is 4. The highest BCUT2D eigenvalue weighted by Gasteiger charge is 2.30. The molecule has 3 aromatic carbocycles. The van der Waals surface area contributed by atoms with Gasteiger partial charge in [-0.3, -0.25) is 9.36 Å². The summed E-state index contributed by atoms with van der Waals surface area (Å²) >= 11 is 1.21. The number of rotatable bonds is 7. The molecule has 0 radical (unpaired) electrons. The summed E-state index contributed by atoms with van der Waals surface area (Å²) in [5.41, 5.74) is 1.78. The number of thioether (sulfide) groups is 1. The van der Waals surface area contributed by atoms with Crippen LogP contribution in [0.25, 0.3) is 16.7 Å². The predicted octanol–water partition coefficient (Wildman–Crippen LogP) is 6.17. The number of anilines is 1. The maximum atomic E-state index is 12.9. The van der Waals surface area contributed by atoms with E-state index in [0.29, 0.717) is 11.8 Å². The Balaban J connectivity index is 1.54. The van der Waals surface area contributed by atoms with Crippen molar-refractivity contribution in [3.63, 3.8) is 0 Å². The highest BCUT2D eigenvalue weighted by atomic mass is 32.2. The number of amides is 1. The van der Waals surface area contributed by atoms with E-state index < -0.39 is 17.6 Å². The summed E-state index contributed by atoms with van der Waals surface area (Å²) in [4.78, 5) is 17.1. The molecule has 0 fully saturated rings. The van der Waals surface area contributed by atoms with Crippen LogP contribution < -0.4 is 10.1 Å². The number of hydrogen-bond donors (Lipinski definition) is 1. The normalized spacial score (nSPS) is 11.5. The fraction of sp³-hybridized carbons (Fsp3) is 0.167. The quantitative estimate of drug-likeness (QED) is 0.327. The number of carbonyl (C=O) groups excluding carboxylic acids is 1. The van der Waals surface area contributed by atoms with Crippen molar-refractivity contribution >= 4 is 34.4 Å². The molecular weight excluding hydrogens is 451 g/mol. The molecule has 1 amide bonds. The molecule has 0 aliphatic rings. The zero-order valence-corrected chi connectivity index (χ0v) is 18.4. The van der Waals surface area contributed by atoms with Crippen LogP contribution >= 0.6 is 11.8 Å². The molecule has 4 rings (SSSR count). The molecule has 9 heteroatoms. The minimum absolute atomic E-state index is 0.0173. The lowest BCUT2D eigenvalue weighted by Crippen LogP contribution is -2.15. The third kappa shape index (κ3) is 5.31. The Bertz CT molecular complexity index is 1270. The minimum atomic E-state index is -4.47. The maximum absolute atomic E-state index is 12.9. The fourth-order valence-corrected chi connectivity index (χ4v) is 4.14. The molecule has 0 atom stereocenters. The number of ether oxygens (including phenoxy) is 1. The number of aromatic nitrogens is 2. The first kappa shape index (κ1) is 22.7. The molecule has 1 aromatic heterocycles. The first-order valence-electron chi connectivity index (χ1n) is 10.2. The van der Waals surface area contributed by atoms with E-state index in [1.165, 1.54) is 23.9 Å². The molecule has 33 heavy (non-hydrogen) atoms. The number of nitrogens with zero attached hydrogens (tertiary/aromatic N) is 2. The number of nitrogens with one attached hydrogen (secondary N) is 1. The first-order chi connectivity index (χ1) is 15.8. The maximum Gasteiger partial charge on any atom is 0.416 e. The zero-order chi connectivity index (χ0) is 23.4. The van der Waals surface area contributed by atoms with Crippen molar-refractivity contribution < 1.29 is 22.7 Å². The van der Waals surface area contributed by atoms with Crippen molar-refractivity contribution in [3.05, 3.63) is 78.4 Å². The number of alkyl halides is 3. The molecule has 1 heterocycles. The van der Waals surface area contributed by atoms with Crippen LogP contribution in [0.2, 0.25) is 0 Å². The summed E-state index contributed by atoms with van der Waals surface area (Å²) in [7, 11) is 0. The van der Waals surface area contributed by atoms with Crippen molar-refractivity contribution in [2.45, 2.75) is 18.3 Å². The van der Waals surface area contributed by atoms with Gasteiger partial charge < -0.3 is 10.1 Å². The van der Waals surface area contributed by atoms with Crippen LogP contribution in [0.3, 0.4) is 0 Å².